The SMILES string of the molecule is CC(C)c1[nH+]c(NC[C@@H]2CCCO2)c(C#N)c2c1CCCC2. The molecule has 1 saturated heterocycles. The van der Waals surface area contributed by atoms with Crippen molar-refractivity contribution in [2.24, 2.45) is 0 Å². The van der Waals surface area contributed by atoms with E-state index < -0.39 is 0 Å². The molecule has 3 rings (SSSR count). The Labute approximate surface area is 132 Å². The number of aromatic amines is 1. The molecule has 2 heterocycles. The van der Waals surface area contributed by atoms with E-state index in [1.54, 1.807) is 0 Å². The second-order valence-electron chi connectivity index (χ2n) is 6.74. The number of H-pyrrole nitrogens is 1. The van der Waals surface area contributed by atoms with Gasteiger partial charge in [-0.2, -0.15) is 5.26 Å². The summed E-state index contributed by atoms with van der Waals surface area (Å²) in [6, 6.07) is 2.43. The van der Waals surface area contributed by atoms with Gasteiger partial charge in [-0.3, -0.25) is 5.32 Å². The van der Waals surface area contributed by atoms with Crippen LogP contribution in [0.15, 0.2) is 0 Å². The number of rotatable bonds is 4. The summed E-state index contributed by atoms with van der Waals surface area (Å²) in [6.07, 6.45) is 7.07. The first-order valence-electron chi connectivity index (χ1n) is 8.57. The van der Waals surface area contributed by atoms with Gasteiger partial charge in [0.05, 0.1) is 6.10 Å². The van der Waals surface area contributed by atoms with Crippen molar-refractivity contribution in [1.82, 2.24) is 0 Å². The van der Waals surface area contributed by atoms with Crippen molar-refractivity contribution in [1.29, 1.82) is 5.26 Å². The molecular formula is C18H26N3O+. The third-order valence-electron chi connectivity index (χ3n) is 4.82. The van der Waals surface area contributed by atoms with Gasteiger partial charge in [0.2, 0.25) is 0 Å². The van der Waals surface area contributed by atoms with Crippen molar-refractivity contribution < 1.29 is 9.72 Å². The predicted octanol–water partition coefficient (Wildman–Crippen LogP) is 2.97. The van der Waals surface area contributed by atoms with Crippen LogP contribution in [0.25, 0.3) is 0 Å². The highest BCUT2D eigenvalue weighted by Crippen LogP contribution is 2.31. The molecule has 2 N–H and O–H groups in total. The highest BCUT2D eigenvalue weighted by molar-refractivity contribution is 5.56. The number of aromatic nitrogens is 1. The first kappa shape index (κ1) is 15.3. The topological polar surface area (TPSA) is 59.2 Å². The van der Waals surface area contributed by atoms with Crippen molar-refractivity contribution in [3.8, 4) is 6.07 Å². The molecule has 4 heteroatoms. The van der Waals surface area contributed by atoms with Crippen LogP contribution in [0.5, 0.6) is 0 Å². The Balaban J connectivity index is 1.93. The van der Waals surface area contributed by atoms with Gasteiger partial charge >= 0.3 is 0 Å². The molecule has 0 saturated carbocycles. The van der Waals surface area contributed by atoms with Crippen LogP contribution in [-0.4, -0.2) is 19.3 Å². The molecule has 1 aliphatic heterocycles. The average Bonchev–Trinajstić information content (AvgIpc) is 3.04. The average molecular weight is 300 g/mol. The third-order valence-corrected chi connectivity index (χ3v) is 4.82. The molecule has 1 fully saturated rings. The lowest BCUT2D eigenvalue weighted by atomic mass is 9.85. The van der Waals surface area contributed by atoms with Crippen molar-refractivity contribution in [3.05, 3.63) is 22.4 Å². The lowest BCUT2D eigenvalue weighted by Gasteiger charge is -2.21. The highest BCUT2D eigenvalue weighted by Gasteiger charge is 2.27. The normalized spacial score (nSPS) is 20.7. The summed E-state index contributed by atoms with van der Waals surface area (Å²) in [5.74, 6) is 1.34. The lowest BCUT2D eigenvalue weighted by Crippen LogP contribution is -2.29. The summed E-state index contributed by atoms with van der Waals surface area (Å²) in [4.78, 5) is 3.53. The van der Waals surface area contributed by atoms with Crippen LogP contribution >= 0.6 is 0 Å². The third kappa shape index (κ3) is 2.96. The number of hydrogen-bond acceptors (Lipinski definition) is 3. The van der Waals surface area contributed by atoms with Crippen LogP contribution in [0.3, 0.4) is 0 Å². The number of pyridine rings is 1. The Morgan fingerprint density at radius 3 is 2.68 bits per heavy atom. The van der Waals surface area contributed by atoms with Gasteiger partial charge in [0, 0.05) is 12.5 Å². The largest absolute Gasteiger partial charge is 0.374 e. The van der Waals surface area contributed by atoms with E-state index in [1.165, 1.54) is 29.7 Å². The summed E-state index contributed by atoms with van der Waals surface area (Å²) < 4.78 is 5.68. The van der Waals surface area contributed by atoms with Crippen LogP contribution in [0.4, 0.5) is 5.82 Å². The predicted molar refractivity (Wildman–Crippen MR) is 85.9 cm³/mol. The summed E-state index contributed by atoms with van der Waals surface area (Å²) in [7, 11) is 0. The zero-order valence-corrected chi connectivity index (χ0v) is 13.7. The summed E-state index contributed by atoms with van der Waals surface area (Å²) in [5.41, 5.74) is 4.77. The van der Waals surface area contributed by atoms with Gasteiger partial charge in [-0.05, 0) is 49.7 Å². The van der Waals surface area contributed by atoms with E-state index in [2.05, 4.69) is 30.2 Å². The van der Waals surface area contributed by atoms with E-state index >= 15 is 0 Å². The molecule has 1 aromatic heterocycles. The fourth-order valence-corrected chi connectivity index (χ4v) is 3.67. The maximum atomic E-state index is 9.65. The molecule has 2 aliphatic rings. The molecule has 1 aliphatic carbocycles. The van der Waals surface area contributed by atoms with Gasteiger partial charge in [0.15, 0.2) is 0 Å². The second kappa shape index (κ2) is 6.66. The molecule has 1 aromatic rings. The Morgan fingerprint density at radius 2 is 2.05 bits per heavy atom. The molecule has 0 aromatic carbocycles. The lowest BCUT2D eigenvalue weighted by molar-refractivity contribution is -0.377. The van der Waals surface area contributed by atoms with E-state index in [-0.39, 0.29) is 6.10 Å². The van der Waals surface area contributed by atoms with Crippen molar-refractivity contribution in [2.45, 2.75) is 64.4 Å². The Morgan fingerprint density at radius 1 is 1.27 bits per heavy atom. The van der Waals surface area contributed by atoms with Gasteiger partial charge < -0.3 is 4.74 Å². The van der Waals surface area contributed by atoms with Crippen LogP contribution in [0.2, 0.25) is 0 Å². The standard InChI is InChI=1S/C18H25N3O/c1-12(2)17-15-8-4-3-7-14(15)16(10-19)18(21-17)20-11-13-6-5-9-22-13/h12-13H,3-9,11H2,1-2H3,(H,20,21)/p+1/t13-/m0/s1. The zero-order valence-electron chi connectivity index (χ0n) is 13.7. The molecule has 0 amide bonds. The molecule has 0 radical (unpaired) electrons. The minimum Gasteiger partial charge on any atom is -0.374 e. The number of ether oxygens (including phenoxy) is 1. The summed E-state index contributed by atoms with van der Waals surface area (Å²) in [6.45, 7) is 6.08. The number of fused-ring (bicyclic) bond motifs is 1. The summed E-state index contributed by atoms with van der Waals surface area (Å²) >= 11 is 0. The van der Waals surface area contributed by atoms with Crippen LogP contribution in [0, 0.1) is 11.3 Å². The Bertz CT molecular complexity index is 583. The number of nitrogens with zero attached hydrogens (tertiary/aromatic N) is 1. The minimum atomic E-state index is 0.276. The fraction of sp³-hybridized carbons (Fsp3) is 0.667. The van der Waals surface area contributed by atoms with Crippen molar-refractivity contribution >= 4 is 5.82 Å². The first-order valence-corrected chi connectivity index (χ1v) is 8.57. The molecule has 0 spiro atoms. The Hall–Kier alpha value is -1.60. The number of anilines is 1. The zero-order chi connectivity index (χ0) is 15.5. The number of hydrogen-bond donors (Lipinski definition) is 1. The van der Waals surface area contributed by atoms with Gasteiger partial charge in [-0.25, -0.2) is 4.98 Å². The van der Waals surface area contributed by atoms with Gasteiger partial charge in [0.1, 0.15) is 23.9 Å². The van der Waals surface area contributed by atoms with Gasteiger partial charge in [-0.1, -0.05) is 13.8 Å². The molecular weight excluding hydrogens is 274 g/mol. The van der Waals surface area contributed by atoms with E-state index in [0.29, 0.717) is 5.92 Å². The van der Waals surface area contributed by atoms with Crippen LogP contribution < -0.4 is 10.3 Å². The first-order chi connectivity index (χ1) is 10.7. The van der Waals surface area contributed by atoms with Gasteiger partial charge in [-0.15, -0.1) is 0 Å². The van der Waals surface area contributed by atoms with E-state index in [1.807, 2.05) is 0 Å². The highest BCUT2D eigenvalue weighted by atomic mass is 16.5. The smallest absolute Gasteiger partial charge is 0.290 e. The van der Waals surface area contributed by atoms with Crippen LogP contribution in [-0.2, 0) is 17.6 Å². The van der Waals surface area contributed by atoms with Crippen molar-refractivity contribution in [2.75, 3.05) is 18.5 Å². The molecule has 0 unspecified atom stereocenters. The Kier molecular flexibility index (Phi) is 4.63. The maximum absolute atomic E-state index is 9.65. The monoisotopic (exact) mass is 300 g/mol. The molecule has 1 atom stereocenters. The minimum absolute atomic E-state index is 0.276. The molecule has 0 bridgehead atoms. The van der Waals surface area contributed by atoms with Gasteiger partial charge in [0.25, 0.3) is 5.82 Å². The van der Waals surface area contributed by atoms with E-state index in [4.69, 9.17) is 4.74 Å². The fourth-order valence-electron chi connectivity index (χ4n) is 3.67. The maximum Gasteiger partial charge on any atom is 0.290 e. The quantitative estimate of drug-likeness (QED) is 0.930. The number of nitrogens with one attached hydrogen (secondary N) is 2. The number of nitriles is 1. The summed E-state index contributed by atoms with van der Waals surface area (Å²) in [5, 5.41) is 13.1. The van der Waals surface area contributed by atoms with Crippen LogP contribution in [0.1, 0.15) is 67.8 Å². The molecule has 4 nitrogen and oxygen atoms in total. The molecule has 22 heavy (non-hydrogen) atoms. The van der Waals surface area contributed by atoms with E-state index in [0.717, 1.165) is 50.2 Å². The van der Waals surface area contributed by atoms with E-state index in [9.17, 15) is 5.26 Å². The molecule has 118 valence electrons. The van der Waals surface area contributed by atoms with Crippen molar-refractivity contribution in [3.63, 3.8) is 0 Å². The second-order valence-corrected chi connectivity index (χ2v) is 6.74.